The van der Waals surface area contributed by atoms with Gasteiger partial charge >= 0.3 is 0 Å². The van der Waals surface area contributed by atoms with Crippen LogP contribution in [0.4, 0.5) is 4.39 Å². The van der Waals surface area contributed by atoms with Gasteiger partial charge in [0.2, 0.25) is 5.88 Å². The first-order chi connectivity index (χ1) is 14.2. The van der Waals surface area contributed by atoms with Crippen molar-refractivity contribution >= 4 is 5.96 Å². The molecule has 3 aromatic rings. The van der Waals surface area contributed by atoms with Crippen molar-refractivity contribution in [2.24, 2.45) is 4.99 Å². The lowest BCUT2D eigenvalue weighted by molar-refractivity contribution is 0.290. The Hall–Kier alpha value is -3.41. The van der Waals surface area contributed by atoms with Crippen LogP contribution >= 0.6 is 0 Å². The number of hydrogen-bond acceptors (Lipinski definition) is 3. The van der Waals surface area contributed by atoms with E-state index in [1.807, 2.05) is 48.5 Å². The summed E-state index contributed by atoms with van der Waals surface area (Å²) in [6.07, 6.45) is 2.42. The third-order valence-corrected chi connectivity index (χ3v) is 4.33. The molecule has 1 aromatic heterocycles. The number of nitrogens with zero attached hydrogens (tertiary/aromatic N) is 2. The number of aliphatic imine (C=N–C) groups is 1. The zero-order valence-corrected chi connectivity index (χ0v) is 16.4. The van der Waals surface area contributed by atoms with Crippen LogP contribution in [0.2, 0.25) is 0 Å². The zero-order chi connectivity index (χ0) is 20.3. The maximum Gasteiger partial charge on any atom is 0.218 e. The van der Waals surface area contributed by atoms with Crippen LogP contribution in [0.1, 0.15) is 16.7 Å². The molecule has 0 aliphatic rings. The van der Waals surface area contributed by atoms with Crippen LogP contribution in [0.15, 0.2) is 77.9 Å². The van der Waals surface area contributed by atoms with Gasteiger partial charge in [-0.1, -0.05) is 48.5 Å². The van der Waals surface area contributed by atoms with Crippen LogP contribution in [0.5, 0.6) is 5.88 Å². The van der Waals surface area contributed by atoms with Gasteiger partial charge in [0.15, 0.2) is 5.96 Å². The van der Waals surface area contributed by atoms with Crippen molar-refractivity contribution in [3.05, 3.63) is 95.4 Å². The van der Waals surface area contributed by atoms with E-state index < -0.39 is 0 Å². The molecular weight excluding hydrogens is 367 g/mol. The summed E-state index contributed by atoms with van der Waals surface area (Å²) in [7, 11) is 1.72. The van der Waals surface area contributed by atoms with Gasteiger partial charge in [-0.05, 0) is 35.7 Å². The van der Waals surface area contributed by atoms with Gasteiger partial charge in [0.1, 0.15) is 12.4 Å². The number of rotatable bonds is 8. The Morgan fingerprint density at radius 3 is 2.62 bits per heavy atom. The van der Waals surface area contributed by atoms with Crippen LogP contribution in [0.25, 0.3) is 0 Å². The molecule has 3 rings (SSSR count). The minimum atomic E-state index is -0.218. The predicted octanol–water partition coefficient (Wildman–Crippen LogP) is 3.71. The molecular formula is C23H25FN4O. The summed E-state index contributed by atoms with van der Waals surface area (Å²) < 4.78 is 19.2. The monoisotopic (exact) mass is 392 g/mol. The summed E-state index contributed by atoms with van der Waals surface area (Å²) in [5.74, 6) is 1.04. The van der Waals surface area contributed by atoms with Crippen LogP contribution in [0, 0.1) is 5.82 Å². The molecule has 2 N–H and O–H groups in total. The molecule has 0 spiro atoms. The van der Waals surface area contributed by atoms with Crippen LogP contribution in [-0.4, -0.2) is 24.5 Å². The molecule has 0 aliphatic carbocycles. The Morgan fingerprint density at radius 2 is 1.83 bits per heavy atom. The molecule has 2 aromatic carbocycles. The number of aromatic nitrogens is 1. The molecule has 0 amide bonds. The normalized spacial score (nSPS) is 11.2. The summed E-state index contributed by atoms with van der Waals surface area (Å²) >= 11 is 0. The smallest absolute Gasteiger partial charge is 0.218 e. The van der Waals surface area contributed by atoms with Gasteiger partial charge in [-0.3, -0.25) is 4.99 Å². The van der Waals surface area contributed by atoms with Gasteiger partial charge in [0.25, 0.3) is 0 Å². The van der Waals surface area contributed by atoms with E-state index in [0.29, 0.717) is 38.0 Å². The largest absolute Gasteiger partial charge is 0.473 e. The van der Waals surface area contributed by atoms with Crippen molar-refractivity contribution < 1.29 is 9.13 Å². The average molecular weight is 392 g/mol. The number of halogens is 1. The van der Waals surface area contributed by atoms with Crippen molar-refractivity contribution in [3.63, 3.8) is 0 Å². The number of guanidine groups is 1. The first kappa shape index (κ1) is 20.3. The van der Waals surface area contributed by atoms with E-state index in [1.54, 1.807) is 25.4 Å². The number of pyridine rings is 1. The summed E-state index contributed by atoms with van der Waals surface area (Å²) in [4.78, 5) is 8.58. The quantitative estimate of drug-likeness (QED) is 0.453. The first-order valence-corrected chi connectivity index (χ1v) is 9.54. The van der Waals surface area contributed by atoms with E-state index in [4.69, 9.17) is 4.74 Å². The molecule has 5 nitrogen and oxygen atoms in total. The lowest BCUT2D eigenvalue weighted by Gasteiger charge is -2.14. The summed E-state index contributed by atoms with van der Waals surface area (Å²) in [6, 6.07) is 20.5. The van der Waals surface area contributed by atoms with Gasteiger partial charge in [0, 0.05) is 31.9 Å². The fourth-order valence-electron chi connectivity index (χ4n) is 2.83. The minimum Gasteiger partial charge on any atom is -0.473 e. The second-order valence-corrected chi connectivity index (χ2v) is 6.47. The zero-order valence-electron chi connectivity index (χ0n) is 16.4. The highest BCUT2D eigenvalue weighted by Gasteiger charge is 2.07. The third-order valence-electron chi connectivity index (χ3n) is 4.33. The summed E-state index contributed by atoms with van der Waals surface area (Å²) in [5.41, 5.74) is 2.97. The third kappa shape index (κ3) is 6.60. The van der Waals surface area contributed by atoms with Crippen molar-refractivity contribution in [2.45, 2.75) is 19.6 Å². The molecule has 0 aliphatic heterocycles. The molecule has 0 radical (unpaired) electrons. The predicted molar refractivity (Wildman–Crippen MR) is 113 cm³/mol. The molecule has 150 valence electrons. The number of ether oxygens (including phenoxy) is 1. The molecule has 0 atom stereocenters. The topological polar surface area (TPSA) is 58.5 Å². The van der Waals surface area contributed by atoms with E-state index in [0.717, 1.165) is 16.7 Å². The van der Waals surface area contributed by atoms with Crippen molar-refractivity contribution in [1.29, 1.82) is 0 Å². The van der Waals surface area contributed by atoms with Gasteiger partial charge in [-0.25, -0.2) is 9.37 Å². The van der Waals surface area contributed by atoms with Crippen molar-refractivity contribution in [3.8, 4) is 5.88 Å². The van der Waals surface area contributed by atoms with Gasteiger partial charge in [0.05, 0.1) is 0 Å². The molecule has 0 saturated heterocycles. The van der Waals surface area contributed by atoms with Gasteiger partial charge < -0.3 is 15.4 Å². The number of nitrogens with one attached hydrogen (secondary N) is 2. The minimum absolute atomic E-state index is 0.218. The van der Waals surface area contributed by atoms with Gasteiger partial charge in [-0.2, -0.15) is 0 Å². The van der Waals surface area contributed by atoms with E-state index in [2.05, 4.69) is 20.6 Å². The van der Waals surface area contributed by atoms with E-state index in [9.17, 15) is 4.39 Å². The number of hydrogen-bond donors (Lipinski definition) is 2. The standard InChI is InChI=1S/C23H25FN4O/c1-25-23(27-14-12-18-9-5-11-21(24)15-18)28-16-20-10-6-13-26-22(20)29-17-19-7-3-2-4-8-19/h2-11,13,15H,12,14,16-17H2,1H3,(H2,25,27,28). The SMILES string of the molecule is CN=C(NCCc1cccc(F)c1)NCc1cccnc1OCc1ccccc1. The molecule has 0 bridgehead atoms. The number of benzene rings is 2. The van der Waals surface area contributed by atoms with Crippen LogP contribution in [-0.2, 0) is 19.6 Å². The summed E-state index contributed by atoms with van der Waals surface area (Å²) in [5, 5.41) is 6.51. The molecule has 6 heteroatoms. The maximum atomic E-state index is 13.3. The van der Waals surface area contributed by atoms with E-state index >= 15 is 0 Å². The van der Waals surface area contributed by atoms with Gasteiger partial charge in [-0.15, -0.1) is 0 Å². The molecule has 0 unspecified atom stereocenters. The average Bonchev–Trinajstić information content (AvgIpc) is 2.76. The van der Waals surface area contributed by atoms with Crippen LogP contribution in [0.3, 0.4) is 0 Å². The maximum absolute atomic E-state index is 13.3. The second kappa shape index (κ2) is 10.8. The van der Waals surface area contributed by atoms with E-state index in [-0.39, 0.29) is 5.82 Å². The Morgan fingerprint density at radius 1 is 1.00 bits per heavy atom. The first-order valence-electron chi connectivity index (χ1n) is 9.54. The molecule has 0 fully saturated rings. The Bertz CT molecular complexity index is 931. The highest BCUT2D eigenvalue weighted by molar-refractivity contribution is 5.79. The fourth-order valence-corrected chi connectivity index (χ4v) is 2.83. The second-order valence-electron chi connectivity index (χ2n) is 6.47. The van der Waals surface area contributed by atoms with Crippen LogP contribution < -0.4 is 15.4 Å². The Balaban J connectivity index is 1.50. The Kier molecular flexibility index (Phi) is 7.57. The van der Waals surface area contributed by atoms with Crippen molar-refractivity contribution in [1.82, 2.24) is 15.6 Å². The summed E-state index contributed by atoms with van der Waals surface area (Å²) in [6.45, 7) is 1.64. The Labute approximate surface area is 170 Å². The highest BCUT2D eigenvalue weighted by Crippen LogP contribution is 2.16. The molecule has 29 heavy (non-hydrogen) atoms. The molecule has 0 saturated carbocycles. The lowest BCUT2D eigenvalue weighted by atomic mass is 10.1. The lowest BCUT2D eigenvalue weighted by Crippen LogP contribution is -2.38. The fraction of sp³-hybridized carbons (Fsp3) is 0.217. The highest BCUT2D eigenvalue weighted by atomic mass is 19.1. The van der Waals surface area contributed by atoms with E-state index in [1.165, 1.54) is 6.07 Å². The van der Waals surface area contributed by atoms with Crippen molar-refractivity contribution in [2.75, 3.05) is 13.6 Å². The molecule has 1 heterocycles.